The van der Waals surface area contributed by atoms with Crippen molar-refractivity contribution < 1.29 is 4.79 Å². The summed E-state index contributed by atoms with van der Waals surface area (Å²) in [5.41, 5.74) is 12.7. The van der Waals surface area contributed by atoms with Crippen molar-refractivity contribution in [3.63, 3.8) is 0 Å². The van der Waals surface area contributed by atoms with Crippen LogP contribution in [0.2, 0.25) is 0 Å². The van der Waals surface area contributed by atoms with Gasteiger partial charge < -0.3 is 16.8 Å². The van der Waals surface area contributed by atoms with Gasteiger partial charge in [-0.2, -0.15) is 5.10 Å². The molecule has 0 aliphatic rings. The summed E-state index contributed by atoms with van der Waals surface area (Å²) < 4.78 is 1.73. The molecule has 1 aromatic heterocycles. The summed E-state index contributed by atoms with van der Waals surface area (Å²) in [6.45, 7) is 3.97. The van der Waals surface area contributed by atoms with Crippen LogP contribution >= 0.6 is 0 Å². The third-order valence-corrected chi connectivity index (χ3v) is 2.72. The van der Waals surface area contributed by atoms with Crippen molar-refractivity contribution in [2.24, 2.45) is 0 Å². The first kappa shape index (κ1) is 12.9. The Bertz CT molecular complexity index is 603. The number of nitrogens with two attached hydrogens (primary N) is 2. The molecule has 1 heterocycles. The molecule has 0 fully saturated rings. The second-order valence-corrected chi connectivity index (χ2v) is 4.56. The van der Waals surface area contributed by atoms with Crippen LogP contribution in [-0.4, -0.2) is 15.7 Å². The zero-order chi connectivity index (χ0) is 14.0. The molecule has 6 heteroatoms. The number of carbonyl (C=O) groups excluding carboxylic acids is 1. The van der Waals surface area contributed by atoms with E-state index in [9.17, 15) is 4.79 Å². The van der Waals surface area contributed by atoms with Gasteiger partial charge in [-0.1, -0.05) is 0 Å². The Balaban J connectivity index is 2.23. The van der Waals surface area contributed by atoms with Crippen LogP contribution in [-0.2, 0) is 0 Å². The molecule has 0 atom stereocenters. The average molecular weight is 259 g/mol. The number of nitrogens with one attached hydrogen (secondary N) is 1. The van der Waals surface area contributed by atoms with Gasteiger partial charge in [-0.15, -0.1) is 0 Å². The van der Waals surface area contributed by atoms with E-state index < -0.39 is 0 Å². The summed E-state index contributed by atoms with van der Waals surface area (Å²) in [6, 6.07) is 6.72. The standard InChI is InChI=1S/C13H17N5O/c1-8(2)18-12(5-6-16-18)17-13(19)10-4-3-9(14)7-11(10)15/h3-8H,14-15H2,1-2H3,(H,17,19). The van der Waals surface area contributed by atoms with Crippen LogP contribution in [0.4, 0.5) is 17.2 Å². The lowest BCUT2D eigenvalue weighted by Crippen LogP contribution is -2.18. The SMILES string of the molecule is CC(C)n1nccc1NC(=O)c1ccc(N)cc1N. The maximum Gasteiger partial charge on any atom is 0.258 e. The Morgan fingerprint density at radius 1 is 1.32 bits per heavy atom. The maximum atomic E-state index is 12.1. The van der Waals surface area contributed by atoms with E-state index in [1.54, 1.807) is 35.1 Å². The molecule has 0 radical (unpaired) electrons. The van der Waals surface area contributed by atoms with Crippen LogP contribution in [0.5, 0.6) is 0 Å². The number of carbonyl (C=O) groups is 1. The molecule has 6 nitrogen and oxygen atoms in total. The van der Waals surface area contributed by atoms with E-state index in [1.165, 1.54) is 0 Å². The van der Waals surface area contributed by atoms with Gasteiger partial charge in [0.15, 0.2) is 0 Å². The highest BCUT2D eigenvalue weighted by atomic mass is 16.1. The molecule has 5 N–H and O–H groups in total. The summed E-state index contributed by atoms with van der Waals surface area (Å²) in [6.07, 6.45) is 1.64. The van der Waals surface area contributed by atoms with Crippen molar-refractivity contribution in [1.29, 1.82) is 0 Å². The summed E-state index contributed by atoms with van der Waals surface area (Å²) >= 11 is 0. The van der Waals surface area contributed by atoms with E-state index in [4.69, 9.17) is 11.5 Å². The number of benzene rings is 1. The number of anilines is 3. The van der Waals surface area contributed by atoms with E-state index in [-0.39, 0.29) is 11.9 Å². The molecule has 0 aliphatic carbocycles. The van der Waals surface area contributed by atoms with E-state index in [2.05, 4.69) is 10.4 Å². The highest BCUT2D eigenvalue weighted by molar-refractivity contribution is 6.07. The van der Waals surface area contributed by atoms with Gasteiger partial charge in [0, 0.05) is 23.5 Å². The van der Waals surface area contributed by atoms with Gasteiger partial charge in [0.1, 0.15) is 5.82 Å². The third kappa shape index (κ3) is 2.67. The van der Waals surface area contributed by atoms with Crippen LogP contribution in [0, 0.1) is 0 Å². The number of nitrogens with zero attached hydrogens (tertiary/aromatic N) is 2. The molecule has 0 unspecified atom stereocenters. The Kier molecular flexibility index (Phi) is 3.41. The molecule has 0 bridgehead atoms. The van der Waals surface area contributed by atoms with E-state index in [1.807, 2.05) is 13.8 Å². The van der Waals surface area contributed by atoms with E-state index in [0.717, 1.165) is 0 Å². The van der Waals surface area contributed by atoms with Gasteiger partial charge in [0.25, 0.3) is 5.91 Å². The van der Waals surface area contributed by atoms with Crippen molar-refractivity contribution in [1.82, 2.24) is 9.78 Å². The predicted molar refractivity (Wildman–Crippen MR) is 75.8 cm³/mol. The minimum absolute atomic E-state index is 0.161. The Labute approximate surface area is 111 Å². The van der Waals surface area contributed by atoms with Crippen molar-refractivity contribution in [3.05, 3.63) is 36.0 Å². The molecule has 0 aliphatic heterocycles. The Morgan fingerprint density at radius 2 is 2.05 bits per heavy atom. The molecule has 2 aromatic rings. The number of amides is 1. The molecule has 1 amide bonds. The fourth-order valence-corrected chi connectivity index (χ4v) is 1.80. The highest BCUT2D eigenvalue weighted by Crippen LogP contribution is 2.19. The first-order valence-corrected chi connectivity index (χ1v) is 5.99. The van der Waals surface area contributed by atoms with Crippen molar-refractivity contribution in [3.8, 4) is 0 Å². The van der Waals surface area contributed by atoms with Crippen LogP contribution in [0.15, 0.2) is 30.5 Å². The number of aromatic nitrogens is 2. The van der Waals surface area contributed by atoms with Gasteiger partial charge >= 0.3 is 0 Å². The molecule has 19 heavy (non-hydrogen) atoms. The summed E-state index contributed by atoms with van der Waals surface area (Å²) in [5.74, 6) is 0.358. The van der Waals surface area contributed by atoms with Gasteiger partial charge in [-0.25, -0.2) is 4.68 Å². The second kappa shape index (κ2) is 5.01. The van der Waals surface area contributed by atoms with Crippen molar-refractivity contribution in [2.75, 3.05) is 16.8 Å². The largest absolute Gasteiger partial charge is 0.399 e. The quantitative estimate of drug-likeness (QED) is 0.733. The fourth-order valence-electron chi connectivity index (χ4n) is 1.80. The van der Waals surface area contributed by atoms with E-state index >= 15 is 0 Å². The van der Waals surface area contributed by atoms with Gasteiger partial charge in [0.05, 0.1) is 11.8 Å². The predicted octanol–water partition coefficient (Wildman–Crippen LogP) is 1.88. The van der Waals surface area contributed by atoms with Crippen LogP contribution < -0.4 is 16.8 Å². The lowest BCUT2D eigenvalue weighted by Gasteiger charge is -2.12. The highest BCUT2D eigenvalue weighted by Gasteiger charge is 2.13. The van der Waals surface area contributed by atoms with Gasteiger partial charge in [-0.3, -0.25) is 4.79 Å². The third-order valence-electron chi connectivity index (χ3n) is 2.72. The van der Waals surface area contributed by atoms with Crippen LogP contribution in [0.3, 0.4) is 0 Å². The van der Waals surface area contributed by atoms with Crippen LogP contribution in [0.1, 0.15) is 30.2 Å². The normalized spacial score (nSPS) is 10.7. The van der Waals surface area contributed by atoms with Crippen molar-refractivity contribution in [2.45, 2.75) is 19.9 Å². The molecule has 0 saturated carbocycles. The monoisotopic (exact) mass is 259 g/mol. The molecular formula is C13H17N5O. The maximum absolute atomic E-state index is 12.1. The molecular weight excluding hydrogens is 242 g/mol. The number of rotatable bonds is 3. The van der Waals surface area contributed by atoms with Crippen molar-refractivity contribution >= 4 is 23.1 Å². The Morgan fingerprint density at radius 3 is 2.68 bits per heavy atom. The topological polar surface area (TPSA) is 99.0 Å². The van der Waals surface area contributed by atoms with E-state index in [0.29, 0.717) is 22.8 Å². The molecule has 2 rings (SSSR count). The first-order chi connectivity index (χ1) is 8.99. The molecule has 0 spiro atoms. The van der Waals surface area contributed by atoms with Gasteiger partial charge in [0.2, 0.25) is 0 Å². The lowest BCUT2D eigenvalue weighted by molar-refractivity contribution is 0.102. The molecule has 100 valence electrons. The summed E-state index contributed by atoms with van der Waals surface area (Å²) in [7, 11) is 0. The van der Waals surface area contributed by atoms with Crippen LogP contribution in [0.25, 0.3) is 0 Å². The lowest BCUT2D eigenvalue weighted by atomic mass is 10.1. The zero-order valence-electron chi connectivity index (χ0n) is 10.9. The summed E-state index contributed by atoms with van der Waals surface area (Å²) in [5, 5.41) is 6.94. The fraction of sp³-hybridized carbons (Fsp3) is 0.231. The smallest absolute Gasteiger partial charge is 0.258 e. The number of nitrogen functional groups attached to an aromatic ring is 2. The molecule has 1 aromatic carbocycles. The second-order valence-electron chi connectivity index (χ2n) is 4.56. The first-order valence-electron chi connectivity index (χ1n) is 5.99. The molecule has 0 saturated heterocycles. The van der Waals surface area contributed by atoms with Gasteiger partial charge in [-0.05, 0) is 32.0 Å². The average Bonchev–Trinajstić information content (AvgIpc) is 2.76. The zero-order valence-corrected chi connectivity index (χ0v) is 10.9. The number of hydrogen-bond acceptors (Lipinski definition) is 4. The number of hydrogen-bond donors (Lipinski definition) is 3. The Hall–Kier alpha value is -2.50. The minimum Gasteiger partial charge on any atom is -0.399 e. The minimum atomic E-state index is -0.278. The summed E-state index contributed by atoms with van der Waals surface area (Å²) in [4.78, 5) is 12.1.